The monoisotopic (exact) mass is 270 g/mol. The summed E-state index contributed by atoms with van der Waals surface area (Å²) in [6.45, 7) is 0. The fraction of sp³-hybridized carbons (Fsp3) is 0.333. The maximum absolute atomic E-state index is 13.5. The van der Waals surface area contributed by atoms with Gasteiger partial charge in [-0.2, -0.15) is 0 Å². The zero-order chi connectivity index (χ0) is 13.0. The molecule has 1 saturated heterocycles. The van der Waals surface area contributed by atoms with Crippen LogP contribution in [0.25, 0.3) is 11.0 Å². The predicted octanol–water partition coefficient (Wildman–Crippen LogP) is 1.58. The highest BCUT2D eigenvalue weighted by Gasteiger charge is 2.44. The van der Waals surface area contributed by atoms with Crippen LogP contribution in [0.2, 0.25) is 0 Å². The Labute approximate surface area is 103 Å². The third-order valence-corrected chi connectivity index (χ3v) is 4.98. The van der Waals surface area contributed by atoms with Crippen LogP contribution in [0.1, 0.15) is 12.2 Å². The normalized spacial score (nSPS) is 26.8. The largest absolute Gasteiger partial charge is 0.455 e. The van der Waals surface area contributed by atoms with Gasteiger partial charge in [0.1, 0.15) is 11.4 Å². The first kappa shape index (κ1) is 11.7. The van der Waals surface area contributed by atoms with Crippen molar-refractivity contribution < 1.29 is 22.3 Å². The van der Waals surface area contributed by atoms with E-state index in [2.05, 4.69) is 0 Å². The molecule has 0 bridgehead atoms. The summed E-state index contributed by atoms with van der Waals surface area (Å²) >= 11 is 0. The second kappa shape index (κ2) is 3.55. The summed E-state index contributed by atoms with van der Waals surface area (Å²) < 4.78 is 41.6. The summed E-state index contributed by atoms with van der Waals surface area (Å²) in [5, 5.41) is 10.8. The van der Waals surface area contributed by atoms with E-state index in [1.54, 1.807) is 6.07 Å². The Kier molecular flexibility index (Phi) is 2.30. The molecule has 18 heavy (non-hydrogen) atoms. The molecule has 1 fully saturated rings. The molecule has 2 heterocycles. The lowest BCUT2D eigenvalue weighted by atomic mass is 10.0. The van der Waals surface area contributed by atoms with E-state index in [1.165, 1.54) is 18.2 Å². The summed E-state index contributed by atoms with van der Waals surface area (Å²) in [4.78, 5) is 0. The van der Waals surface area contributed by atoms with Crippen molar-refractivity contribution >= 4 is 20.8 Å². The number of hydrogen-bond donors (Lipinski definition) is 1. The number of para-hydroxylation sites is 1. The quantitative estimate of drug-likeness (QED) is 0.854. The molecule has 1 aliphatic heterocycles. The molecule has 2 aromatic rings. The van der Waals surface area contributed by atoms with Crippen LogP contribution < -0.4 is 0 Å². The van der Waals surface area contributed by atoms with Gasteiger partial charge < -0.3 is 9.52 Å². The van der Waals surface area contributed by atoms with Gasteiger partial charge in [0, 0.05) is 5.39 Å². The van der Waals surface area contributed by atoms with Gasteiger partial charge in [0.25, 0.3) is 0 Å². The molecule has 6 heteroatoms. The topological polar surface area (TPSA) is 67.5 Å². The number of halogens is 1. The number of benzene rings is 1. The van der Waals surface area contributed by atoms with Crippen molar-refractivity contribution in [3.63, 3.8) is 0 Å². The third-order valence-electron chi connectivity index (χ3n) is 3.24. The number of rotatable bonds is 1. The minimum atomic E-state index is -3.25. The van der Waals surface area contributed by atoms with Crippen LogP contribution >= 0.6 is 0 Å². The molecule has 0 saturated carbocycles. The van der Waals surface area contributed by atoms with Crippen LogP contribution in [0.15, 0.2) is 28.7 Å². The molecular formula is C12H11FO4S. The number of sulfone groups is 1. The maximum atomic E-state index is 13.5. The van der Waals surface area contributed by atoms with Crippen LogP contribution in [0.5, 0.6) is 0 Å². The molecule has 3 rings (SSSR count). The van der Waals surface area contributed by atoms with Crippen molar-refractivity contribution in [3.8, 4) is 0 Å². The SMILES string of the molecule is O=S1(=O)CCC(O)(c2cc3cccc(F)c3o2)C1. The Morgan fingerprint density at radius 2 is 2.17 bits per heavy atom. The van der Waals surface area contributed by atoms with Gasteiger partial charge in [0.05, 0.1) is 11.5 Å². The summed E-state index contributed by atoms with van der Waals surface area (Å²) in [7, 11) is -3.25. The lowest BCUT2D eigenvalue weighted by molar-refractivity contribution is 0.0432. The first-order chi connectivity index (χ1) is 8.40. The van der Waals surface area contributed by atoms with Gasteiger partial charge in [-0.15, -0.1) is 0 Å². The number of furan rings is 1. The molecule has 1 unspecified atom stereocenters. The number of fused-ring (bicyclic) bond motifs is 1. The van der Waals surface area contributed by atoms with Gasteiger partial charge >= 0.3 is 0 Å². The van der Waals surface area contributed by atoms with E-state index in [1.807, 2.05) is 0 Å². The third kappa shape index (κ3) is 1.72. The van der Waals surface area contributed by atoms with E-state index in [4.69, 9.17) is 4.42 Å². The Morgan fingerprint density at radius 3 is 2.78 bits per heavy atom. The van der Waals surface area contributed by atoms with Crippen LogP contribution in [0.4, 0.5) is 4.39 Å². The number of aliphatic hydroxyl groups is 1. The first-order valence-electron chi connectivity index (χ1n) is 5.51. The molecule has 1 aliphatic rings. The van der Waals surface area contributed by atoms with E-state index in [0.717, 1.165) is 0 Å². The van der Waals surface area contributed by atoms with Crippen molar-refractivity contribution in [1.82, 2.24) is 0 Å². The van der Waals surface area contributed by atoms with E-state index in [0.29, 0.717) is 5.39 Å². The summed E-state index contributed by atoms with van der Waals surface area (Å²) in [6.07, 6.45) is 0.0801. The molecule has 96 valence electrons. The van der Waals surface area contributed by atoms with Crippen LogP contribution in [-0.4, -0.2) is 25.0 Å². The fourth-order valence-electron chi connectivity index (χ4n) is 2.28. The van der Waals surface area contributed by atoms with E-state index in [-0.39, 0.29) is 29.3 Å². The standard InChI is InChI=1S/C12H11FO4S/c13-9-3-1-2-8-6-10(17-11(8)9)12(14)4-5-18(15,16)7-12/h1-3,6,14H,4-5,7H2. The molecule has 1 atom stereocenters. The predicted molar refractivity (Wildman–Crippen MR) is 63.3 cm³/mol. The Hall–Kier alpha value is -1.40. The zero-order valence-electron chi connectivity index (χ0n) is 9.39. The van der Waals surface area contributed by atoms with Gasteiger partial charge in [0.2, 0.25) is 0 Å². The fourth-order valence-corrected chi connectivity index (χ4v) is 4.09. The molecule has 1 aromatic carbocycles. The van der Waals surface area contributed by atoms with E-state index >= 15 is 0 Å². The molecular weight excluding hydrogens is 259 g/mol. The Morgan fingerprint density at radius 1 is 1.39 bits per heavy atom. The minimum Gasteiger partial charge on any atom is -0.455 e. The molecule has 0 aliphatic carbocycles. The highest BCUT2D eigenvalue weighted by molar-refractivity contribution is 7.91. The highest BCUT2D eigenvalue weighted by Crippen LogP contribution is 2.36. The smallest absolute Gasteiger partial charge is 0.170 e. The second-order valence-electron chi connectivity index (χ2n) is 4.64. The average Bonchev–Trinajstić information content (AvgIpc) is 2.82. The van der Waals surface area contributed by atoms with Crippen LogP contribution in [-0.2, 0) is 15.4 Å². The summed E-state index contributed by atoms with van der Waals surface area (Å²) in [5.74, 6) is -0.864. The molecule has 0 amide bonds. The van der Waals surface area contributed by atoms with Gasteiger partial charge in [-0.25, -0.2) is 12.8 Å². The van der Waals surface area contributed by atoms with Crippen LogP contribution in [0.3, 0.4) is 0 Å². The lowest BCUT2D eigenvalue weighted by Gasteiger charge is -2.16. The Bertz CT molecular complexity index is 719. The van der Waals surface area contributed by atoms with Gasteiger partial charge in [-0.05, 0) is 18.6 Å². The summed E-state index contributed by atoms with van der Waals surface area (Å²) in [6, 6.07) is 5.94. The van der Waals surface area contributed by atoms with Crippen molar-refractivity contribution in [1.29, 1.82) is 0 Å². The highest BCUT2D eigenvalue weighted by atomic mass is 32.2. The summed E-state index contributed by atoms with van der Waals surface area (Å²) in [5.41, 5.74) is -1.49. The maximum Gasteiger partial charge on any atom is 0.170 e. The van der Waals surface area contributed by atoms with Gasteiger partial charge in [0.15, 0.2) is 21.2 Å². The van der Waals surface area contributed by atoms with E-state index in [9.17, 15) is 17.9 Å². The average molecular weight is 270 g/mol. The molecule has 1 N–H and O–H groups in total. The molecule has 0 radical (unpaired) electrons. The van der Waals surface area contributed by atoms with E-state index < -0.39 is 21.3 Å². The van der Waals surface area contributed by atoms with Crippen molar-refractivity contribution in [2.45, 2.75) is 12.0 Å². The van der Waals surface area contributed by atoms with Gasteiger partial charge in [-0.3, -0.25) is 0 Å². The molecule has 4 nitrogen and oxygen atoms in total. The Balaban J connectivity index is 2.13. The molecule has 1 aromatic heterocycles. The minimum absolute atomic E-state index is 0.0465. The van der Waals surface area contributed by atoms with Gasteiger partial charge in [-0.1, -0.05) is 12.1 Å². The zero-order valence-corrected chi connectivity index (χ0v) is 10.2. The van der Waals surface area contributed by atoms with Crippen molar-refractivity contribution in [3.05, 3.63) is 35.8 Å². The number of hydrogen-bond acceptors (Lipinski definition) is 4. The van der Waals surface area contributed by atoms with Crippen molar-refractivity contribution in [2.75, 3.05) is 11.5 Å². The van der Waals surface area contributed by atoms with Crippen LogP contribution in [0, 0.1) is 5.82 Å². The first-order valence-corrected chi connectivity index (χ1v) is 7.33. The lowest BCUT2D eigenvalue weighted by Crippen LogP contribution is -2.26. The molecule has 0 spiro atoms. The second-order valence-corrected chi connectivity index (χ2v) is 6.83. The van der Waals surface area contributed by atoms with Crippen molar-refractivity contribution in [2.24, 2.45) is 0 Å².